The van der Waals surface area contributed by atoms with Crippen molar-refractivity contribution in [2.75, 3.05) is 0 Å². The SMILES string of the molecule is Cc1nn(Cc2ccccc2)cc1CNC(C)(C)C. The van der Waals surface area contributed by atoms with Crippen LogP contribution in [0.5, 0.6) is 0 Å². The van der Waals surface area contributed by atoms with Gasteiger partial charge in [-0.3, -0.25) is 4.68 Å². The average Bonchev–Trinajstić information content (AvgIpc) is 2.67. The lowest BCUT2D eigenvalue weighted by molar-refractivity contribution is 0.423. The van der Waals surface area contributed by atoms with Gasteiger partial charge in [0.2, 0.25) is 0 Å². The van der Waals surface area contributed by atoms with Crippen LogP contribution >= 0.6 is 0 Å². The quantitative estimate of drug-likeness (QED) is 0.912. The molecule has 0 radical (unpaired) electrons. The number of benzene rings is 1. The predicted octanol–water partition coefficient (Wildman–Crippen LogP) is 3.13. The number of hydrogen-bond donors (Lipinski definition) is 1. The second-order valence-electron chi connectivity index (χ2n) is 6.03. The molecule has 1 aromatic carbocycles. The van der Waals surface area contributed by atoms with Crippen molar-refractivity contribution >= 4 is 0 Å². The Hall–Kier alpha value is -1.61. The number of aryl methyl sites for hydroxylation is 1. The van der Waals surface area contributed by atoms with E-state index in [1.165, 1.54) is 11.1 Å². The molecule has 0 fully saturated rings. The van der Waals surface area contributed by atoms with E-state index in [-0.39, 0.29) is 5.54 Å². The van der Waals surface area contributed by atoms with Crippen LogP contribution in [0, 0.1) is 6.92 Å². The van der Waals surface area contributed by atoms with Crippen molar-refractivity contribution in [2.24, 2.45) is 0 Å². The van der Waals surface area contributed by atoms with Crippen LogP contribution in [0.25, 0.3) is 0 Å². The van der Waals surface area contributed by atoms with E-state index in [4.69, 9.17) is 0 Å². The van der Waals surface area contributed by atoms with Gasteiger partial charge in [0.05, 0.1) is 12.2 Å². The summed E-state index contributed by atoms with van der Waals surface area (Å²) in [6.45, 7) is 10.3. The summed E-state index contributed by atoms with van der Waals surface area (Å²) in [5.74, 6) is 0. The molecule has 0 aliphatic carbocycles. The summed E-state index contributed by atoms with van der Waals surface area (Å²) >= 11 is 0. The van der Waals surface area contributed by atoms with Gasteiger partial charge >= 0.3 is 0 Å². The lowest BCUT2D eigenvalue weighted by atomic mass is 10.1. The average molecular weight is 257 g/mol. The fourth-order valence-electron chi connectivity index (χ4n) is 1.94. The molecule has 19 heavy (non-hydrogen) atoms. The molecule has 1 N–H and O–H groups in total. The summed E-state index contributed by atoms with van der Waals surface area (Å²) in [4.78, 5) is 0. The van der Waals surface area contributed by atoms with Crippen molar-refractivity contribution in [1.82, 2.24) is 15.1 Å². The van der Waals surface area contributed by atoms with Crippen LogP contribution in [0.3, 0.4) is 0 Å². The first-order valence-electron chi connectivity index (χ1n) is 6.76. The van der Waals surface area contributed by atoms with E-state index < -0.39 is 0 Å². The highest BCUT2D eigenvalue weighted by Crippen LogP contribution is 2.10. The molecular weight excluding hydrogens is 234 g/mol. The van der Waals surface area contributed by atoms with Crippen LogP contribution in [0.2, 0.25) is 0 Å². The number of nitrogens with one attached hydrogen (secondary N) is 1. The molecule has 0 spiro atoms. The van der Waals surface area contributed by atoms with E-state index in [1.807, 2.05) is 10.7 Å². The van der Waals surface area contributed by atoms with E-state index in [2.05, 4.69) is 68.6 Å². The largest absolute Gasteiger partial charge is 0.308 e. The Morgan fingerprint density at radius 3 is 2.47 bits per heavy atom. The van der Waals surface area contributed by atoms with E-state index >= 15 is 0 Å². The van der Waals surface area contributed by atoms with Crippen molar-refractivity contribution < 1.29 is 0 Å². The smallest absolute Gasteiger partial charge is 0.0659 e. The Morgan fingerprint density at radius 2 is 1.84 bits per heavy atom. The summed E-state index contributed by atoms with van der Waals surface area (Å²) in [5, 5.41) is 8.09. The molecule has 0 aliphatic rings. The topological polar surface area (TPSA) is 29.9 Å². The zero-order chi connectivity index (χ0) is 13.9. The maximum atomic E-state index is 4.58. The molecule has 0 bridgehead atoms. The molecule has 102 valence electrons. The van der Waals surface area contributed by atoms with Crippen LogP contribution in [0.1, 0.15) is 37.6 Å². The van der Waals surface area contributed by atoms with E-state index in [0.717, 1.165) is 18.8 Å². The Balaban J connectivity index is 2.04. The van der Waals surface area contributed by atoms with Crippen LogP contribution in [0.15, 0.2) is 36.5 Å². The predicted molar refractivity (Wildman–Crippen MR) is 79.1 cm³/mol. The molecule has 0 unspecified atom stereocenters. The Bertz CT molecular complexity index is 521. The van der Waals surface area contributed by atoms with Crippen molar-refractivity contribution in [3.05, 3.63) is 53.3 Å². The lowest BCUT2D eigenvalue weighted by Gasteiger charge is -2.20. The molecule has 0 saturated heterocycles. The highest BCUT2D eigenvalue weighted by molar-refractivity contribution is 5.18. The maximum Gasteiger partial charge on any atom is 0.0659 e. The van der Waals surface area contributed by atoms with Crippen molar-refractivity contribution in [3.8, 4) is 0 Å². The molecule has 3 nitrogen and oxygen atoms in total. The number of nitrogens with zero attached hydrogens (tertiary/aromatic N) is 2. The standard InChI is InChI=1S/C16H23N3/c1-13-15(10-17-16(2,3)4)12-19(18-13)11-14-8-6-5-7-9-14/h5-9,12,17H,10-11H2,1-4H3. The third kappa shape index (κ3) is 4.21. The number of hydrogen-bond acceptors (Lipinski definition) is 2. The van der Waals surface area contributed by atoms with Gasteiger partial charge in [0.25, 0.3) is 0 Å². The van der Waals surface area contributed by atoms with Crippen molar-refractivity contribution in [3.63, 3.8) is 0 Å². The van der Waals surface area contributed by atoms with Crippen molar-refractivity contribution in [2.45, 2.75) is 46.3 Å². The minimum atomic E-state index is 0.133. The summed E-state index contributed by atoms with van der Waals surface area (Å²) in [7, 11) is 0. The van der Waals surface area contributed by atoms with Crippen LogP contribution < -0.4 is 5.32 Å². The minimum absolute atomic E-state index is 0.133. The molecule has 2 aromatic rings. The second-order valence-corrected chi connectivity index (χ2v) is 6.03. The Kier molecular flexibility index (Phi) is 4.05. The maximum absolute atomic E-state index is 4.58. The molecular formula is C16H23N3. The van der Waals surface area contributed by atoms with E-state index in [0.29, 0.717) is 0 Å². The highest BCUT2D eigenvalue weighted by Gasteiger charge is 2.11. The first-order valence-corrected chi connectivity index (χ1v) is 6.76. The third-order valence-electron chi connectivity index (χ3n) is 3.04. The van der Waals surface area contributed by atoms with Crippen molar-refractivity contribution in [1.29, 1.82) is 0 Å². The first kappa shape index (κ1) is 13.8. The molecule has 1 heterocycles. The normalized spacial score (nSPS) is 11.8. The molecule has 1 aromatic heterocycles. The summed E-state index contributed by atoms with van der Waals surface area (Å²) in [5.41, 5.74) is 3.78. The summed E-state index contributed by atoms with van der Waals surface area (Å²) < 4.78 is 2.02. The molecule has 0 amide bonds. The lowest BCUT2D eigenvalue weighted by Crippen LogP contribution is -2.35. The van der Waals surface area contributed by atoms with Crippen LogP contribution in [-0.4, -0.2) is 15.3 Å². The first-order chi connectivity index (χ1) is 8.94. The van der Waals surface area contributed by atoms with Gasteiger partial charge in [-0.05, 0) is 33.3 Å². The van der Waals surface area contributed by atoms with Gasteiger partial charge in [0.1, 0.15) is 0 Å². The van der Waals surface area contributed by atoms with Gasteiger partial charge in [-0.15, -0.1) is 0 Å². The molecule has 2 rings (SSSR count). The van der Waals surface area contributed by atoms with Gasteiger partial charge in [-0.25, -0.2) is 0 Å². The van der Waals surface area contributed by atoms with E-state index in [9.17, 15) is 0 Å². The minimum Gasteiger partial charge on any atom is -0.308 e. The summed E-state index contributed by atoms with van der Waals surface area (Å²) in [6.07, 6.45) is 2.14. The molecule has 3 heteroatoms. The number of aromatic nitrogens is 2. The van der Waals surface area contributed by atoms with Crippen LogP contribution in [-0.2, 0) is 13.1 Å². The van der Waals surface area contributed by atoms with Gasteiger partial charge in [-0.2, -0.15) is 5.10 Å². The Morgan fingerprint density at radius 1 is 1.16 bits per heavy atom. The van der Waals surface area contributed by atoms with Crippen LogP contribution in [0.4, 0.5) is 0 Å². The molecule has 0 aliphatic heterocycles. The molecule has 0 atom stereocenters. The highest BCUT2D eigenvalue weighted by atomic mass is 15.3. The fraction of sp³-hybridized carbons (Fsp3) is 0.438. The van der Waals surface area contributed by atoms with Gasteiger partial charge in [0, 0.05) is 23.8 Å². The fourth-order valence-corrected chi connectivity index (χ4v) is 1.94. The number of rotatable bonds is 4. The van der Waals surface area contributed by atoms with E-state index in [1.54, 1.807) is 0 Å². The zero-order valence-electron chi connectivity index (χ0n) is 12.3. The van der Waals surface area contributed by atoms with Gasteiger partial charge < -0.3 is 5.32 Å². The van der Waals surface area contributed by atoms with Gasteiger partial charge in [-0.1, -0.05) is 30.3 Å². The molecule has 0 saturated carbocycles. The Labute approximate surface area is 115 Å². The second kappa shape index (κ2) is 5.57. The van der Waals surface area contributed by atoms with Gasteiger partial charge in [0.15, 0.2) is 0 Å². The third-order valence-corrected chi connectivity index (χ3v) is 3.04. The zero-order valence-corrected chi connectivity index (χ0v) is 12.3. The summed E-state index contributed by atoms with van der Waals surface area (Å²) in [6, 6.07) is 10.4. The monoisotopic (exact) mass is 257 g/mol.